The molecule has 0 N–H and O–H groups in total. The predicted molar refractivity (Wildman–Crippen MR) is 523 cm³/mol. The van der Waals surface area contributed by atoms with E-state index in [0.29, 0.717) is 62.7 Å². The molecule has 720 valence electrons. The zero-order chi connectivity index (χ0) is 96.3. The molecule has 0 aliphatic heterocycles. The van der Waals surface area contributed by atoms with Crippen molar-refractivity contribution in [3.63, 3.8) is 0 Å². The van der Waals surface area contributed by atoms with Crippen molar-refractivity contribution in [3.8, 4) is 0 Å². The molecular weight excluding hydrogens is 1630 g/mol. The molecule has 130 heavy (non-hydrogen) atoms. The van der Waals surface area contributed by atoms with Crippen molar-refractivity contribution in [2.75, 3.05) is 0 Å². The van der Waals surface area contributed by atoms with Crippen LogP contribution in [0.4, 0.5) is 0 Å². The SMILES string of the molecule is C=C(C)C(=O)OC(C)(C)C12CC3CC(CC(C3)C1)C2.C=C(C)C(=O)OC(C)(C)c1ccccc1.C=C(C)C(=O)OC1(C)C2CC3CC(C2)CC1C3.C=C(C)C(=O)OC1(CC)C2CC3CC(C2)CC1C3.C=C(C)C(=O)OC1(CC)CCCC1.C=C(C)C(=O)OC1(CC)CCCCC1.C=C(C)C(=O)OC1(CC)CCCCCC1.CC(=O)C(C)OC(C)(C)c1ccc2ccccc2c1. The Morgan fingerprint density at radius 1 is 0.346 bits per heavy atom. The summed E-state index contributed by atoms with van der Waals surface area (Å²) in [4.78, 5) is 92.8. The smallest absolute Gasteiger partial charge is 0.333 e. The molecule has 12 bridgehead atoms. The van der Waals surface area contributed by atoms with E-state index in [1.54, 1.807) is 62.3 Å². The van der Waals surface area contributed by atoms with Crippen LogP contribution in [0.5, 0.6) is 0 Å². The lowest BCUT2D eigenvalue weighted by molar-refractivity contribution is -0.207. The molecule has 3 aromatic rings. The van der Waals surface area contributed by atoms with Gasteiger partial charge in [0.25, 0.3) is 0 Å². The maximum Gasteiger partial charge on any atom is 0.333 e. The standard InChI is InChI=1S/C17H26O2.C17H20O2.C16H24O2.C15H22O2.C13H16O2.C13H22O2.C12H20O2.C11H18O2/c1-11(2)15(18)19-16(3,4)17-8-12-5-13(9-17)7-14(6-12)10-17;1-12(18)13(2)19-17(3,4)16-10-9-14-7-5-6-8-15(14)11-16;1-4-16(18-15(17)10(2)3)13-6-11-5-12(8-13)9-14(16)7-11;1-9(2)14(16)17-15(3)12-5-10-4-11(7-12)8-13(15)6-10;1-10(2)12(14)15-13(3,4)11-8-6-5-7-9-11;1-4-13(15-12(14)11(2)3)9-7-5-6-8-10-13;1-4-12(8-6-5-7-9-12)14-11(13)10(2)3;1-4-11(7-5-6-8-11)13-10(12)9(2)3/h12-14H,1,5-10H2,2-4H3;5-11,13H,1-4H3;11-14H,2,4-9H2,1,3H3;10-13H,1,4-8H2,2-3H3;5-9H,1H2,2-4H3;2,4-10H2,1,3H3;2,4-9H2,1,3H3;2,4-8H2,1,3H3. The van der Waals surface area contributed by atoms with Crippen LogP contribution in [0, 0.1) is 70.5 Å². The Labute approximate surface area is 783 Å². The quantitative estimate of drug-likeness (QED) is 0.0353. The number of rotatable bonds is 24. The van der Waals surface area contributed by atoms with Gasteiger partial charge in [0.2, 0.25) is 0 Å². The second-order valence-electron chi connectivity index (χ2n) is 43.6. The van der Waals surface area contributed by atoms with Crippen LogP contribution in [-0.2, 0) is 87.5 Å². The molecule has 16 nitrogen and oxygen atoms in total. The van der Waals surface area contributed by atoms with E-state index < -0.39 is 11.2 Å². The fraction of sp³-hybridized carbons (Fsp3) is 0.667. The van der Waals surface area contributed by atoms with Gasteiger partial charge in [-0.2, -0.15) is 0 Å². The highest BCUT2D eigenvalue weighted by atomic mass is 16.6. The molecule has 3 aromatic carbocycles. The Morgan fingerprint density at radius 2 is 0.662 bits per heavy atom. The minimum Gasteiger partial charge on any atom is -0.456 e. The molecule has 1 atom stereocenters. The highest BCUT2D eigenvalue weighted by Crippen LogP contribution is 2.65. The molecule has 0 heterocycles. The number of hydrogen-bond acceptors (Lipinski definition) is 16. The van der Waals surface area contributed by atoms with Crippen LogP contribution >= 0.6 is 0 Å². The molecular formula is C114H168O16. The molecule has 0 saturated heterocycles. The van der Waals surface area contributed by atoms with Crippen LogP contribution in [0.1, 0.15) is 374 Å². The topological polar surface area (TPSA) is 210 Å². The Balaban J connectivity index is 0.000000184. The third-order valence-corrected chi connectivity index (χ3v) is 32.0. The van der Waals surface area contributed by atoms with E-state index in [1.807, 2.05) is 70.2 Å². The van der Waals surface area contributed by atoms with Gasteiger partial charge in [0.05, 0.1) is 5.60 Å². The van der Waals surface area contributed by atoms with Crippen molar-refractivity contribution >= 4 is 58.3 Å². The van der Waals surface area contributed by atoms with Crippen LogP contribution in [-0.4, -0.2) is 87.3 Å². The highest BCUT2D eigenvalue weighted by Gasteiger charge is 2.61. The third-order valence-electron chi connectivity index (χ3n) is 32.0. The van der Waals surface area contributed by atoms with Crippen molar-refractivity contribution in [2.45, 2.75) is 414 Å². The van der Waals surface area contributed by atoms with Crippen LogP contribution < -0.4 is 0 Å². The summed E-state index contributed by atoms with van der Waals surface area (Å²) in [6, 6.07) is 24.2. The first-order chi connectivity index (χ1) is 61.0. The minimum atomic E-state index is -0.614. The van der Waals surface area contributed by atoms with Crippen molar-refractivity contribution in [2.24, 2.45) is 70.5 Å². The van der Waals surface area contributed by atoms with Gasteiger partial charge in [-0.1, -0.05) is 160 Å². The molecule has 15 saturated carbocycles. The summed E-state index contributed by atoms with van der Waals surface area (Å²) < 4.78 is 45.6. The van der Waals surface area contributed by atoms with Gasteiger partial charge < -0.3 is 37.9 Å². The first kappa shape index (κ1) is 107. The van der Waals surface area contributed by atoms with Gasteiger partial charge in [-0.15, -0.1) is 0 Å². The fourth-order valence-corrected chi connectivity index (χ4v) is 24.3. The van der Waals surface area contributed by atoms with Crippen LogP contribution in [0.15, 0.2) is 158 Å². The van der Waals surface area contributed by atoms with E-state index in [2.05, 4.69) is 125 Å². The maximum absolute atomic E-state index is 12.0. The molecule has 15 aliphatic carbocycles. The molecule has 0 radical (unpaired) electrons. The molecule has 0 spiro atoms. The van der Waals surface area contributed by atoms with Gasteiger partial charge in [0.1, 0.15) is 45.3 Å². The number of benzene rings is 3. The van der Waals surface area contributed by atoms with Crippen molar-refractivity contribution in [1.82, 2.24) is 0 Å². The van der Waals surface area contributed by atoms with Gasteiger partial charge >= 0.3 is 41.8 Å². The summed E-state index contributed by atoms with van der Waals surface area (Å²) in [6.45, 7) is 63.5. The maximum atomic E-state index is 12.0. The molecule has 16 heteroatoms. The highest BCUT2D eigenvalue weighted by molar-refractivity contribution is 5.90. The van der Waals surface area contributed by atoms with Gasteiger partial charge in [-0.05, 0) is 409 Å². The van der Waals surface area contributed by atoms with E-state index in [4.69, 9.17) is 37.9 Å². The Hall–Kier alpha value is -7.98. The van der Waals surface area contributed by atoms with Gasteiger partial charge in [0.15, 0.2) is 5.78 Å². The number of hydrogen-bond donors (Lipinski definition) is 0. The van der Waals surface area contributed by atoms with Crippen molar-refractivity contribution < 1.29 is 76.3 Å². The number of esters is 7. The number of ether oxygens (including phenoxy) is 8. The summed E-state index contributed by atoms with van der Waals surface area (Å²) in [5.41, 5.74) is 3.42. The van der Waals surface area contributed by atoms with Gasteiger partial charge in [-0.3, -0.25) is 4.79 Å². The third kappa shape index (κ3) is 28.1. The van der Waals surface area contributed by atoms with E-state index in [9.17, 15) is 38.4 Å². The zero-order valence-electron chi connectivity index (χ0n) is 84.1. The normalized spacial score (nSPS) is 28.0. The van der Waals surface area contributed by atoms with E-state index >= 15 is 0 Å². The lowest BCUT2D eigenvalue weighted by Crippen LogP contribution is -2.59. The first-order valence-electron chi connectivity index (χ1n) is 49.9. The molecule has 0 aromatic heterocycles. The van der Waals surface area contributed by atoms with Crippen molar-refractivity contribution in [1.29, 1.82) is 0 Å². The van der Waals surface area contributed by atoms with E-state index in [1.165, 1.54) is 171 Å². The monoisotopic (exact) mass is 1790 g/mol. The number of fused-ring (bicyclic) bond motifs is 1. The summed E-state index contributed by atoms with van der Waals surface area (Å²) in [5.74, 6) is 7.14. The Bertz CT molecular complexity index is 4370. The summed E-state index contributed by atoms with van der Waals surface area (Å²) in [6.07, 6.45) is 41.4. The molecule has 1 unspecified atom stereocenters. The molecule has 15 fully saturated rings. The average Bonchev–Trinajstić information content (AvgIpc) is 0.819. The second-order valence-corrected chi connectivity index (χ2v) is 43.6. The van der Waals surface area contributed by atoms with Crippen LogP contribution in [0.25, 0.3) is 10.8 Å². The number of ketones is 1. The molecule has 18 rings (SSSR count). The lowest BCUT2D eigenvalue weighted by atomic mass is 9.46. The minimum absolute atomic E-state index is 0.0499. The van der Waals surface area contributed by atoms with Crippen molar-refractivity contribution in [3.05, 3.63) is 169 Å². The largest absolute Gasteiger partial charge is 0.456 e. The van der Waals surface area contributed by atoms with E-state index in [-0.39, 0.29) is 92.7 Å². The molecule has 15 aliphatic rings. The fourth-order valence-electron chi connectivity index (χ4n) is 24.3. The van der Waals surface area contributed by atoms with Crippen LogP contribution in [0.3, 0.4) is 0 Å². The summed E-state index contributed by atoms with van der Waals surface area (Å²) in [5, 5.41) is 2.40. The lowest BCUT2D eigenvalue weighted by Gasteiger charge is -2.61. The predicted octanol–water partition coefficient (Wildman–Crippen LogP) is 27.9. The number of Topliss-reactive ketones (excluding diaryl/α,β-unsaturated/α-hetero) is 1. The Kier molecular flexibility index (Phi) is 38.2. The van der Waals surface area contributed by atoms with Gasteiger partial charge in [0, 0.05) is 44.4 Å². The van der Waals surface area contributed by atoms with Gasteiger partial charge in [-0.25, -0.2) is 33.6 Å². The Morgan fingerprint density at radius 3 is 1.02 bits per heavy atom. The first-order valence-corrected chi connectivity index (χ1v) is 49.9. The zero-order valence-corrected chi connectivity index (χ0v) is 84.1. The summed E-state index contributed by atoms with van der Waals surface area (Å²) >= 11 is 0. The number of carbonyl (C=O) groups excluding carboxylic acids is 8. The summed E-state index contributed by atoms with van der Waals surface area (Å²) in [7, 11) is 0. The number of carbonyl (C=O) groups is 8. The van der Waals surface area contributed by atoms with Crippen LogP contribution in [0.2, 0.25) is 0 Å². The van der Waals surface area contributed by atoms with E-state index in [0.717, 1.165) is 117 Å². The molecule has 0 amide bonds. The second kappa shape index (κ2) is 46.3. The average molecular weight is 1790 g/mol.